The Bertz CT molecular complexity index is 388. The molecule has 0 aliphatic carbocycles. The standard InChI is InChI=1S/C11H12ClNO2/c1-15-11(14)9-5-4-8(3-2-6-12)7-10(9)13/h2-5,7H,6,13H2,1H3. The fraction of sp³-hybridized carbons (Fsp3) is 0.182. The number of benzene rings is 1. The topological polar surface area (TPSA) is 52.3 Å². The Labute approximate surface area is 93.5 Å². The average Bonchev–Trinajstić information content (AvgIpc) is 2.25. The van der Waals surface area contributed by atoms with Crippen LogP contribution < -0.4 is 5.73 Å². The lowest BCUT2D eigenvalue weighted by atomic mass is 10.1. The first kappa shape index (κ1) is 11.6. The molecule has 3 nitrogen and oxygen atoms in total. The third kappa shape index (κ3) is 2.99. The Hall–Kier alpha value is -1.48. The Kier molecular flexibility index (Phi) is 4.18. The molecule has 0 aliphatic rings. The maximum atomic E-state index is 11.2. The molecule has 1 aromatic rings. The third-order valence-electron chi connectivity index (χ3n) is 1.88. The molecular formula is C11H12ClNO2. The van der Waals surface area contributed by atoms with E-state index in [0.29, 0.717) is 17.1 Å². The predicted octanol–water partition coefficient (Wildman–Crippen LogP) is 2.31. The summed E-state index contributed by atoms with van der Waals surface area (Å²) >= 11 is 5.50. The SMILES string of the molecule is COC(=O)c1ccc(C=CCCl)cc1N. The van der Waals surface area contributed by atoms with Gasteiger partial charge < -0.3 is 10.5 Å². The van der Waals surface area contributed by atoms with Gasteiger partial charge in [-0.25, -0.2) is 4.79 Å². The maximum Gasteiger partial charge on any atom is 0.339 e. The lowest BCUT2D eigenvalue weighted by molar-refractivity contribution is 0.0602. The first-order valence-corrected chi connectivity index (χ1v) is 4.93. The lowest BCUT2D eigenvalue weighted by Gasteiger charge is -2.04. The van der Waals surface area contributed by atoms with Gasteiger partial charge in [0.2, 0.25) is 0 Å². The molecule has 15 heavy (non-hydrogen) atoms. The van der Waals surface area contributed by atoms with Crippen molar-refractivity contribution in [2.24, 2.45) is 0 Å². The Morgan fingerprint density at radius 1 is 1.60 bits per heavy atom. The van der Waals surface area contributed by atoms with Gasteiger partial charge in [0.15, 0.2) is 0 Å². The van der Waals surface area contributed by atoms with Crippen molar-refractivity contribution in [1.82, 2.24) is 0 Å². The molecule has 2 N–H and O–H groups in total. The first-order valence-electron chi connectivity index (χ1n) is 4.39. The van der Waals surface area contributed by atoms with E-state index >= 15 is 0 Å². The minimum atomic E-state index is -0.430. The molecule has 0 aromatic heterocycles. The average molecular weight is 226 g/mol. The number of carbonyl (C=O) groups is 1. The predicted molar refractivity (Wildman–Crippen MR) is 61.9 cm³/mol. The Morgan fingerprint density at radius 3 is 2.87 bits per heavy atom. The number of nitrogens with two attached hydrogens (primary N) is 1. The number of methoxy groups -OCH3 is 1. The number of rotatable bonds is 3. The second kappa shape index (κ2) is 5.41. The molecule has 0 heterocycles. The highest BCUT2D eigenvalue weighted by atomic mass is 35.5. The quantitative estimate of drug-likeness (QED) is 0.488. The van der Waals surface area contributed by atoms with Crippen molar-refractivity contribution < 1.29 is 9.53 Å². The summed E-state index contributed by atoms with van der Waals surface area (Å²) in [6.45, 7) is 0. The zero-order valence-corrected chi connectivity index (χ0v) is 9.12. The van der Waals surface area contributed by atoms with E-state index in [2.05, 4.69) is 4.74 Å². The van der Waals surface area contributed by atoms with Crippen LogP contribution in [0.15, 0.2) is 24.3 Å². The minimum absolute atomic E-state index is 0.375. The molecule has 1 aromatic carbocycles. The first-order chi connectivity index (χ1) is 7.19. The van der Waals surface area contributed by atoms with Crippen molar-refractivity contribution >= 4 is 29.3 Å². The summed E-state index contributed by atoms with van der Waals surface area (Å²) in [4.78, 5) is 11.2. The number of carbonyl (C=O) groups excluding carboxylic acids is 1. The summed E-state index contributed by atoms with van der Waals surface area (Å²) in [5, 5.41) is 0. The van der Waals surface area contributed by atoms with Crippen LogP contribution in [0.1, 0.15) is 15.9 Å². The van der Waals surface area contributed by atoms with Crippen LogP contribution in [0, 0.1) is 0 Å². The second-order valence-electron chi connectivity index (χ2n) is 2.89. The van der Waals surface area contributed by atoms with Crippen molar-refractivity contribution in [3.05, 3.63) is 35.4 Å². The summed E-state index contributed by atoms with van der Waals surface area (Å²) in [6, 6.07) is 5.12. The van der Waals surface area contributed by atoms with Crippen LogP contribution in [0.25, 0.3) is 6.08 Å². The van der Waals surface area contributed by atoms with E-state index in [1.165, 1.54) is 7.11 Å². The summed E-state index contributed by atoms with van der Waals surface area (Å²) in [5.74, 6) is 0.0129. The highest BCUT2D eigenvalue weighted by molar-refractivity contribution is 6.19. The van der Waals surface area contributed by atoms with E-state index in [-0.39, 0.29) is 0 Å². The van der Waals surface area contributed by atoms with Gasteiger partial charge in [-0.3, -0.25) is 0 Å². The van der Waals surface area contributed by atoms with Crippen LogP contribution in [0.3, 0.4) is 0 Å². The number of esters is 1. The number of anilines is 1. The van der Waals surface area contributed by atoms with E-state index in [0.717, 1.165) is 5.56 Å². The third-order valence-corrected chi connectivity index (χ3v) is 2.06. The molecule has 0 amide bonds. The van der Waals surface area contributed by atoms with Crippen molar-refractivity contribution in [2.75, 3.05) is 18.7 Å². The van der Waals surface area contributed by atoms with E-state index < -0.39 is 5.97 Å². The summed E-state index contributed by atoms with van der Waals surface area (Å²) in [5.41, 5.74) is 7.38. The molecule has 0 unspecified atom stereocenters. The smallest absolute Gasteiger partial charge is 0.339 e. The fourth-order valence-corrected chi connectivity index (χ4v) is 1.25. The van der Waals surface area contributed by atoms with E-state index in [1.54, 1.807) is 24.3 Å². The Morgan fingerprint density at radius 2 is 2.33 bits per heavy atom. The number of hydrogen-bond acceptors (Lipinski definition) is 3. The molecule has 80 valence electrons. The highest BCUT2D eigenvalue weighted by Gasteiger charge is 2.08. The molecule has 0 spiro atoms. The molecule has 0 saturated heterocycles. The van der Waals surface area contributed by atoms with Crippen LogP contribution in [0.5, 0.6) is 0 Å². The molecule has 4 heteroatoms. The van der Waals surface area contributed by atoms with Crippen LogP contribution in [-0.2, 0) is 4.74 Å². The van der Waals surface area contributed by atoms with Gasteiger partial charge in [-0.1, -0.05) is 18.2 Å². The molecule has 0 atom stereocenters. The number of allylic oxidation sites excluding steroid dienone is 1. The van der Waals surface area contributed by atoms with Gasteiger partial charge in [0.1, 0.15) is 0 Å². The summed E-state index contributed by atoms with van der Waals surface area (Å²) in [7, 11) is 1.32. The van der Waals surface area contributed by atoms with Gasteiger partial charge in [-0.2, -0.15) is 0 Å². The van der Waals surface area contributed by atoms with Crippen molar-refractivity contribution in [3.63, 3.8) is 0 Å². The lowest BCUT2D eigenvalue weighted by Crippen LogP contribution is -2.05. The number of alkyl halides is 1. The van der Waals surface area contributed by atoms with Crippen molar-refractivity contribution in [1.29, 1.82) is 0 Å². The molecule has 0 aliphatic heterocycles. The van der Waals surface area contributed by atoms with Crippen LogP contribution >= 0.6 is 11.6 Å². The summed E-state index contributed by atoms with van der Waals surface area (Å²) in [6.07, 6.45) is 3.64. The molecule has 0 radical (unpaired) electrons. The Balaban J connectivity index is 2.98. The van der Waals surface area contributed by atoms with Crippen molar-refractivity contribution in [3.8, 4) is 0 Å². The molecule has 0 bridgehead atoms. The number of nitrogen functional groups attached to an aromatic ring is 1. The largest absolute Gasteiger partial charge is 0.465 e. The normalized spacial score (nSPS) is 10.5. The number of halogens is 1. The van der Waals surface area contributed by atoms with Crippen molar-refractivity contribution in [2.45, 2.75) is 0 Å². The molecule has 0 saturated carbocycles. The minimum Gasteiger partial charge on any atom is -0.465 e. The molecular weight excluding hydrogens is 214 g/mol. The second-order valence-corrected chi connectivity index (χ2v) is 3.20. The van der Waals surface area contributed by atoms with Crippen LogP contribution in [-0.4, -0.2) is 19.0 Å². The zero-order chi connectivity index (χ0) is 11.3. The maximum absolute atomic E-state index is 11.2. The van der Waals surface area contributed by atoms with Gasteiger partial charge in [-0.05, 0) is 17.7 Å². The monoisotopic (exact) mass is 225 g/mol. The number of ether oxygens (including phenoxy) is 1. The van der Waals surface area contributed by atoms with Gasteiger partial charge in [0.25, 0.3) is 0 Å². The van der Waals surface area contributed by atoms with E-state index in [1.807, 2.05) is 6.08 Å². The number of hydrogen-bond donors (Lipinski definition) is 1. The zero-order valence-electron chi connectivity index (χ0n) is 8.37. The van der Waals surface area contributed by atoms with E-state index in [9.17, 15) is 4.79 Å². The molecule has 1 rings (SSSR count). The molecule has 0 fully saturated rings. The van der Waals surface area contributed by atoms with E-state index in [4.69, 9.17) is 17.3 Å². The van der Waals surface area contributed by atoms with Gasteiger partial charge in [0.05, 0.1) is 12.7 Å². The summed E-state index contributed by atoms with van der Waals surface area (Å²) < 4.78 is 4.58. The van der Waals surface area contributed by atoms with Crippen LogP contribution in [0.2, 0.25) is 0 Å². The van der Waals surface area contributed by atoms with Crippen LogP contribution in [0.4, 0.5) is 5.69 Å². The highest BCUT2D eigenvalue weighted by Crippen LogP contribution is 2.16. The van der Waals surface area contributed by atoms with Gasteiger partial charge >= 0.3 is 5.97 Å². The van der Waals surface area contributed by atoms with Gasteiger partial charge in [-0.15, -0.1) is 11.6 Å². The fourth-order valence-electron chi connectivity index (χ4n) is 1.16. The van der Waals surface area contributed by atoms with Gasteiger partial charge in [0, 0.05) is 11.6 Å².